The normalized spacial score (nSPS) is 23.1. The van der Waals surface area contributed by atoms with Crippen LogP contribution in [0.5, 0.6) is 0 Å². The van der Waals surface area contributed by atoms with E-state index in [9.17, 15) is 14.3 Å². The fourth-order valence-electron chi connectivity index (χ4n) is 6.14. The zero-order valence-corrected chi connectivity index (χ0v) is 21.7. The lowest BCUT2D eigenvalue weighted by atomic mass is 9.91. The van der Waals surface area contributed by atoms with Gasteiger partial charge in [-0.3, -0.25) is 14.7 Å². The number of carboxylic acids is 1. The highest BCUT2D eigenvalue weighted by atomic mass is 19.1. The largest absolute Gasteiger partial charge is 0.480 e. The third-order valence-electron chi connectivity index (χ3n) is 8.08. The number of likely N-dealkylation sites (tertiary alicyclic amines) is 1. The maximum absolute atomic E-state index is 14.9. The van der Waals surface area contributed by atoms with Crippen molar-refractivity contribution < 1.29 is 23.8 Å². The van der Waals surface area contributed by atoms with E-state index in [2.05, 4.69) is 12.1 Å². The van der Waals surface area contributed by atoms with Gasteiger partial charge in [-0.2, -0.15) is 0 Å². The second kappa shape index (κ2) is 12.5. The van der Waals surface area contributed by atoms with Crippen molar-refractivity contribution in [1.29, 1.82) is 0 Å². The summed E-state index contributed by atoms with van der Waals surface area (Å²) in [4.78, 5) is 19.2. The fourth-order valence-corrected chi connectivity index (χ4v) is 6.14. The Morgan fingerprint density at radius 2 is 2.03 bits per heavy atom. The molecule has 0 bridgehead atoms. The average Bonchev–Trinajstić information content (AvgIpc) is 3.37. The first kappa shape index (κ1) is 26.3. The molecule has 0 unspecified atom stereocenters. The number of aliphatic carboxylic acids is 1. The molecule has 3 aliphatic rings. The molecular weight excluding hydrogens is 471 g/mol. The number of hydrogen-bond acceptors (Lipinski definition) is 5. The molecule has 0 amide bonds. The highest BCUT2D eigenvalue weighted by molar-refractivity contribution is 5.76. The number of pyridine rings is 1. The van der Waals surface area contributed by atoms with Gasteiger partial charge in [-0.05, 0) is 93.9 Å². The van der Waals surface area contributed by atoms with Crippen LogP contribution in [-0.4, -0.2) is 53.4 Å². The van der Waals surface area contributed by atoms with Crippen LogP contribution < -0.4 is 0 Å². The Bertz CT molecular complexity index is 1070. The van der Waals surface area contributed by atoms with E-state index in [1.54, 1.807) is 12.1 Å². The summed E-state index contributed by atoms with van der Waals surface area (Å²) in [6.45, 7) is 2.38. The molecule has 2 aromatic rings. The van der Waals surface area contributed by atoms with Crippen molar-refractivity contribution in [3.05, 3.63) is 64.2 Å². The van der Waals surface area contributed by atoms with Crippen molar-refractivity contribution in [2.45, 2.75) is 88.9 Å². The number of aryl methyl sites for hydroxylation is 3. The first-order valence-corrected chi connectivity index (χ1v) is 14.1. The van der Waals surface area contributed by atoms with E-state index in [1.165, 1.54) is 35.9 Å². The topological polar surface area (TPSA) is 71.9 Å². The first-order valence-electron chi connectivity index (χ1n) is 14.1. The fraction of sp³-hybridized carbons (Fsp3) is 0.600. The molecule has 1 aromatic heterocycles. The standard InChI is InChI=1S/C30H39FN2O4/c31-25-11-7-10-24(28(25)27-13-4-6-19-37-27)29(30(34)35)33-17-16-23(20-33)36-18-5-3-9-22-15-14-21-8-1-2-12-26(21)32-22/h7,10-11,14-15,23,27,29H,1-6,8-9,12-13,16-20H2,(H,34,35)/t23-,27+,29+/m1/s1. The molecule has 5 rings (SSSR count). The van der Waals surface area contributed by atoms with Crippen molar-refractivity contribution in [3.63, 3.8) is 0 Å². The molecule has 1 N–H and O–H groups in total. The molecule has 37 heavy (non-hydrogen) atoms. The van der Waals surface area contributed by atoms with Crippen LogP contribution in [0.15, 0.2) is 30.3 Å². The highest BCUT2D eigenvalue weighted by Gasteiger charge is 2.37. The molecule has 0 spiro atoms. The number of carboxylic acid groups (broad SMARTS) is 1. The molecule has 200 valence electrons. The van der Waals surface area contributed by atoms with Crippen molar-refractivity contribution in [1.82, 2.24) is 9.88 Å². The molecular formula is C30H39FN2O4. The number of hydrogen-bond donors (Lipinski definition) is 1. The lowest BCUT2D eigenvalue weighted by Crippen LogP contribution is -2.35. The van der Waals surface area contributed by atoms with E-state index in [1.807, 2.05) is 4.90 Å². The lowest BCUT2D eigenvalue weighted by Gasteiger charge is -2.30. The number of benzene rings is 1. The van der Waals surface area contributed by atoms with Crippen LogP contribution in [0.3, 0.4) is 0 Å². The van der Waals surface area contributed by atoms with Gasteiger partial charge >= 0.3 is 5.97 Å². The number of ether oxygens (including phenoxy) is 2. The van der Waals surface area contributed by atoms with E-state index in [0.29, 0.717) is 43.9 Å². The molecule has 1 aromatic carbocycles. The first-order chi connectivity index (χ1) is 18.1. The second-order valence-corrected chi connectivity index (χ2v) is 10.7. The van der Waals surface area contributed by atoms with Gasteiger partial charge < -0.3 is 14.6 Å². The Kier molecular flexibility index (Phi) is 8.85. The number of nitrogens with zero attached hydrogens (tertiary/aromatic N) is 2. The minimum atomic E-state index is -0.958. The maximum Gasteiger partial charge on any atom is 0.325 e. The summed E-state index contributed by atoms with van der Waals surface area (Å²) in [7, 11) is 0. The summed E-state index contributed by atoms with van der Waals surface area (Å²) in [6, 6.07) is 8.28. The summed E-state index contributed by atoms with van der Waals surface area (Å²) in [5.74, 6) is -1.34. The number of aromatic nitrogens is 1. The van der Waals surface area contributed by atoms with Crippen molar-refractivity contribution in [2.24, 2.45) is 0 Å². The molecule has 7 heteroatoms. The molecule has 0 radical (unpaired) electrons. The molecule has 2 fully saturated rings. The third kappa shape index (κ3) is 6.39. The van der Waals surface area contributed by atoms with Gasteiger partial charge in [0.05, 0.1) is 12.2 Å². The average molecular weight is 511 g/mol. The number of fused-ring (bicyclic) bond motifs is 1. The van der Waals surface area contributed by atoms with Crippen molar-refractivity contribution in [3.8, 4) is 0 Å². The second-order valence-electron chi connectivity index (χ2n) is 10.7. The van der Waals surface area contributed by atoms with Crippen LogP contribution >= 0.6 is 0 Å². The van der Waals surface area contributed by atoms with Crippen LogP contribution in [-0.2, 0) is 33.5 Å². The summed E-state index contributed by atoms with van der Waals surface area (Å²) in [6.07, 6.45) is 10.7. The molecule has 0 saturated carbocycles. The Morgan fingerprint density at radius 3 is 2.86 bits per heavy atom. The minimum Gasteiger partial charge on any atom is -0.480 e. The Morgan fingerprint density at radius 1 is 1.14 bits per heavy atom. The smallest absolute Gasteiger partial charge is 0.325 e. The van der Waals surface area contributed by atoms with Gasteiger partial charge in [-0.1, -0.05) is 18.2 Å². The Balaban J connectivity index is 1.13. The SMILES string of the molecule is O=C(O)[C@H](c1cccc(F)c1[C@@H]1CCCCO1)N1CC[C@@H](OCCCCc2ccc3c(n2)CCCC3)C1. The van der Waals surface area contributed by atoms with E-state index >= 15 is 0 Å². The van der Waals surface area contributed by atoms with Crippen molar-refractivity contribution in [2.75, 3.05) is 26.3 Å². The number of rotatable bonds is 10. The van der Waals surface area contributed by atoms with Crippen molar-refractivity contribution >= 4 is 5.97 Å². The van der Waals surface area contributed by atoms with Gasteiger partial charge in [0.25, 0.3) is 0 Å². The number of carbonyl (C=O) groups is 1. The molecule has 2 aliphatic heterocycles. The minimum absolute atomic E-state index is 0.00772. The van der Waals surface area contributed by atoms with Crippen LogP contribution in [0.25, 0.3) is 0 Å². The van der Waals surface area contributed by atoms with Gasteiger partial charge in [0.2, 0.25) is 0 Å². The Hall–Kier alpha value is -2.35. The van der Waals surface area contributed by atoms with Gasteiger partial charge in [0.1, 0.15) is 11.9 Å². The Labute approximate surface area is 219 Å². The summed E-state index contributed by atoms with van der Waals surface area (Å²) in [5.41, 5.74) is 4.80. The van der Waals surface area contributed by atoms with Crippen LogP contribution in [0, 0.1) is 5.82 Å². The van der Waals surface area contributed by atoms with Gasteiger partial charge in [-0.25, -0.2) is 4.39 Å². The predicted octanol–water partition coefficient (Wildman–Crippen LogP) is 5.58. The van der Waals surface area contributed by atoms with E-state index in [0.717, 1.165) is 51.4 Å². The predicted molar refractivity (Wildman–Crippen MR) is 139 cm³/mol. The zero-order chi connectivity index (χ0) is 25.6. The molecule has 1 aliphatic carbocycles. The molecule has 3 atom stereocenters. The number of halogens is 1. The summed E-state index contributed by atoms with van der Waals surface area (Å²) >= 11 is 0. The summed E-state index contributed by atoms with van der Waals surface area (Å²) in [5, 5.41) is 10.2. The summed E-state index contributed by atoms with van der Waals surface area (Å²) < 4.78 is 26.9. The monoisotopic (exact) mass is 510 g/mol. The van der Waals surface area contributed by atoms with E-state index in [4.69, 9.17) is 14.5 Å². The van der Waals surface area contributed by atoms with E-state index in [-0.39, 0.29) is 18.0 Å². The maximum atomic E-state index is 14.9. The highest BCUT2D eigenvalue weighted by Crippen LogP contribution is 2.37. The van der Waals surface area contributed by atoms with Gasteiger partial charge in [-0.15, -0.1) is 0 Å². The zero-order valence-electron chi connectivity index (χ0n) is 21.7. The van der Waals surface area contributed by atoms with Crippen LogP contribution in [0.4, 0.5) is 4.39 Å². The quantitative estimate of drug-likeness (QED) is 0.421. The molecule has 6 nitrogen and oxygen atoms in total. The van der Waals surface area contributed by atoms with Gasteiger partial charge in [0, 0.05) is 43.3 Å². The third-order valence-corrected chi connectivity index (χ3v) is 8.08. The lowest BCUT2D eigenvalue weighted by molar-refractivity contribution is -0.143. The van der Waals surface area contributed by atoms with Crippen LogP contribution in [0.1, 0.15) is 91.6 Å². The van der Waals surface area contributed by atoms with Gasteiger partial charge in [0.15, 0.2) is 0 Å². The molecule has 3 heterocycles. The molecule has 2 saturated heterocycles. The van der Waals surface area contributed by atoms with E-state index < -0.39 is 12.0 Å². The number of unbranched alkanes of at least 4 members (excludes halogenated alkanes) is 1. The van der Waals surface area contributed by atoms with Crippen LogP contribution in [0.2, 0.25) is 0 Å².